The molecule has 0 aliphatic heterocycles. The highest BCUT2D eigenvalue weighted by molar-refractivity contribution is 7.98. The molecule has 0 radical (unpaired) electrons. The van der Waals surface area contributed by atoms with E-state index in [-0.39, 0.29) is 12.0 Å². The lowest BCUT2D eigenvalue weighted by atomic mass is 9.99. The standard InChI is InChI=1S/C20H29N3O3S/c1-7-13(2)16(21-18(24)26-20(4,5)6)17-22-23-19(25-17)27-12-15-11-9-8-10-14(15)3/h8-11,13,16H,7,12H2,1-6H3,(H,21,24)/t13-,16-/m1/s1. The molecule has 2 atom stereocenters. The van der Waals surface area contributed by atoms with E-state index in [2.05, 4.69) is 41.5 Å². The number of hydrogen-bond donors (Lipinski definition) is 1. The van der Waals surface area contributed by atoms with Crippen LogP contribution in [0.4, 0.5) is 4.79 Å². The third kappa shape index (κ3) is 6.57. The van der Waals surface area contributed by atoms with E-state index in [0.29, 0.717) is 11.1 Å². The Kier molecular flexibility index (Phi) is 7.30. The average molecular weight is 392 g/mol. The number of benzene rings is 1. The van der Waals surface area contributed by atoms with Crippen LogP contribution < -0.4 is 5.32 Å². The number of amides is 1. The zero-order valence-corrected chi connectivity index (χ0v) is 17.7. The SMILES string of the molecule is CC[C@@H](C)[C@@H](NC(=O)OC(C)(C)C)c1nnc(SCc2ccccc2C)o1. The molecule has 0 bridgehead atoms. The van der Waals surface area contributed by atoms with Crippen molar-refractivity contribution in [3.8, 4) is 0 Å². The molecule has 0 saturated carbocycles. The zero-order valence-electron chi connectivity index (χ0n) is 16.9. The van der Waals surface area contributed by atoms with Gasteiger partial charge >= 0.3 is 6.09 Å². The van der Waals surface area contributed by atoms with E-state index in [0.717, 1.165) is 12.2 Å². The molecule has 0 saturated heterocycles. The van der Waals surface area contributed by atoms with Gasteiger partial charge in [0.25, 0.3) is 5.22 Å². The van der Waals surface area contributed by atoms with E-state index in [1.54, 1.807) is 0 Å². The van der Waals surface area contributed by atoms with E-state index in [9.17, 15) is 4.79 Å². The third-order valence-corrected chi connectivity index (χ3v) is 5.05. The predicted molar refractivity (Wildman–Crippen MR) is 107 cm³/mol. The molecule has 2 aromatic rings. The van der Waals surface area contributed by atoms with Gasteiger partial charge in [0, 0.05) is 5.75 Å². The number of rotatable bonds is 7. The smallest absolute Gasteiger partial charge is 0.408 e. The first kappa shape index (κ1) is 21.3. The molecule has 7 heteroatoms. The Morgan fingerprint density at radius 2 is 2.00 bits per heavy atom. The van der Waals surface area contributed by atoms with Gasteiger partial charge < -0.3 is 14.5 Å². The maximum Gasteiger partial charge on any atom is 0.408 e. The summed E-state index contributed by atoms with van der Waals surface area (Å²) in [4.78, 5) is 12.2. The molecule has 1 heterocycles. The summed E-state index contributed by atoms with van der Waals surface area (Å²) < 4.78 is 11.2. The molecule has 0 unspecified atom stereocenters. The maximum absolute atomic E-state index is 12.2. The molecular formula is C20H29N3O3S. The van der Waals surface area contributed by atoms with Crippen LogP contribution in [0, 0.1) is 12.8 Å². The minimum Gasteiger partial charge on any atom is -0.444 e. The van der Waals surface area contributed by atoms with Crippen LogP contribution in [0.3, 0.4) is 0 Å². The molecule has 0 aliphatic rings. The molecule has 1 amide bonds. The topological polar surface area (TPSA) is 77.2 Å². The molecule has 2 rings (SSSR count). The number of alkyl carbamates (subject to hydrolysis) is 1. The highest BCUT2D eigenvalue weighted by Crippen LogP contribution is 2.28. The summed E-state index contributed by atoms with van der Waals surface area (Å²) in [6.45, 7) is 11.7. The van der Waals surface area contributed by atoms with Crippen molar-refractivity contribution in [2.24, 2.45) is 5.92 Å². The van der Waals surface area contributed by atoms with Crippen LogP contribution in [0.5, 0.6) is 0 Å². The number of hydrogen-bond acceptors (Lipinski definition) is 6. The molecule has 148 valence electrons. The van der Waals surface area contributed by atoms with Gasteiger partial charge in [-0.05, 0) is 44.7 Å². The minimum atomic E-state index is -0.562. The molecule has 0 spiro atoms. The first-order valence-corrected chi connectivity index (χ1v) is 10.2. The largest absolute Gasteiger partial charge is 0.444 e. The fraction of sp³-hybridized carbons (Fsp3) is 0.550. The summed E-state index contributed by atoms with van der Waals surface area (Å²) in [5, 5.41) is 11.7. The first-order chi connectivity index (χ1) is 12.7. The monoisotopic (exact) mass is 391 g/mol. The summed E-state index contributed by atoms with van der Waals surface area (Å²) in [6, 6.07) is 7.83. The number of ether oxygens (including phenoxy) is 1. The van der Waals surface area contributed by atoms with Gasteiger partial charge in [-0.3, -0.25) is 0 Å². The third-order valence-electron chi connectivity index (χ3n) is 4.19. The number of nitrogens with one attached hydrogen (secondary N) is 1. The number of nitrogens with zero attached hydrogens (tertiary/aromatic N) is 2. The maximum atomic E-state index is 12.2. The number of carbonyl (C=O) groups excluding carboxylic acids is 1. The summed E-state index contributed by atoms with van der Waals surface area (Å²) >= 11 is 1.49. The van der Waals surface area contributed by atoms with Crippen molar-refractivity contribution in [1.29, 1.82) is 0 Å². The average Bonchev–Trinajstić information content (AvgIpc) is 3.05. The van der Waals surface area contributed by atoms with Gasteiger partial charge in [-0.1, -0.05) is 56.3 Å². The minimum absolute atomic E-state index is 0.132. The highest BCUT2D eigenvalue weighted by atomic mass is 32.2. The Morgan fingerprint density at radius 3 is 2.63 bits per heavy atom. The van der Waals surface area contributed by atoms with Gasteiger partial charge in [-0.25, -0.2) is 4.79 Å². The van der Waals surface area contributed by atoms with Crippen molar-refractivity contribution in [3.63, 3.8) is 0 Å². The van der Waals surface area contributed by atoms with Gasteiger partial charge in [0.2, 0.25) is 5.89 Å². The van der Waals surface area contributed by atoms with E-state index >= 15 is 0 Å². The molecule has 27 heavy (non-hydrogen) atoms. The molecule has 1 aromatic heterocycles. The van der Waals surface area contributed by atoms with Crippen molar-refractivity contribution in [2.75, 3.05) is 0 Å². The second-order valence-corrected chi connectivity index (χ2v) is 8.56. The number of aryl methyl sites for hydroxylation is 1. The molecule has 0 aliphatic carbocycles. The number of aromatic nitrogens is 2. The van der Waals surface area contributed by atoms with Crippen molar-refractivity contribution in [3.05, 3.63) is 41.3 Å². The van der Waals surface area contributed by atoms with Gasteiger partial charge in [0.15, 0.2) is 0 Å². The molecular weight excluding hydrogens is 362 g/mol. The van der Waals surface area contributed by atoms with Crippen LogP contribution in [0.25, 0.3) is 0 Å². The van der Waals surface area contributed by atoms with Gasteiger partial charge in [-0.15, -0.1) is 10.2 Å². The van der Waals surface area contributed by atoms with E-state index < -0.39 is 11.7 Å². The number of thioether (sulfide) groups is 1. The second-order valence-electron chi connectivity index (χ2n) is 7.63. The molecule has 6 nitrogen and oxygen atoms in total. The van der Waals surface area contributed by atoms with Crippen LogP contribution in [0.2, 0.25) is 0 Å². The summed E-state index contributed by atoms with van der Waals surface area (Å²) in [5.41, 5.74) is 1.90. The number of carbonyl (C=O) groups is 1. The van der Waals surface area contributed by atoms with Crippen molar-refractivity contribution in [1.82, 2.24) is 15.5 Å². The van der Waals surface area contributed by atoms with E-state index in [4.69, 9.17) is 9.15 Å². The molecule has 0 fully saturated rings. The quantitative estimate of drug-likeness (QED) is 0.647. The first-order valence-electron chi connectivity index (χ1n) is 9.19. The van der Waals surface area contributed by atoms with E-state index in [1.165, 1.54) is 22.9 Å². The lowest BCUT2D eigenvalue weighted by Gasteiger charge is -2.24. The Morgan fingerprint density at radius 1 is 1.30 bits per heavy atom. The fourth-order valence-electron chi connectivity index (χ4n) is 2.43. The van der Waals surface area contributed by atoms with Gasteiger partial charge in [0.05, 0.1) is 0 Å². The van der Waals surface area contributed by atoms with Crippen LogP contribution in [-0.2, 0) is 10.5 Å². The second kappa shape index (κ2) is 9.26. The lowest BCUT2D eigenvalue weighted by molar-refractivity contribution is 0.0474. The predicted octanol–water partition coefficient (Wildman–Crippen LogP) is 5.28. The highest BCUT2D eigenvalue weighted by Gasteiger charge is 2.28. The van der Waals surface area contributed by atoms with Gasteiger partial charge in [-0.2, -0.15) is 0 Å². The van der Waals surface area contributed by atoms with Crippen molar-refractivity contribution < 1.29 is 13.9 Å². The van der Waals surface area contributed by atoms with Gasteiger partial charge in [0.1, 0.15) is 11.6 Å². The molecule has 1 aromatic carbocycles. The summed E-state index contributed by atoms with van der Waals surface area (Å²) in [5.74, 6) is 1.29. The van der Waals surface area contributed by atoms with Crippen molar-refractivity contribution in [2.45, 2.75) is 70.6 Å². The Bertz CT molecular complexity index is 755. The van der Waals surface area contributed by atoms with Crippen LogP contribution >= 0.6 is 11.8 Å². The zero-order chi connectivity index (χ0) is 20.0. The van der Waals surface area contributed by atoms with E-state index in [1.807, 2.05) is 39.8 Å². The van der Waals surface area contributed by atoms with Crippen LogP contribution in [-0.4, -0.2) is 21.9 Å². The molecule has 1 N–H and O–H groups in total. The lowest BCUT2D eigenvalue weighted by Crippen LogP contribution is -2.37. The Balaban J connectivity index is 2.06. The Hall–Kier alpha value is -2.02. The summed E-state index contributed by atoms with van der Waals surface area (Å²) in [7, 11) is 0. The van der Waals surface area contributed by atoms with Crippen molar-refractivity contribution >= 4 is 17.9 Å². The van der Waals surface area contributed by atoms with Crippen LogP contribution in [0.1, 0.15) is 64.1 Å². The summed E-state index contributed by atoms with van der Waals surface area (Å²) in [6.07, 6.45) is 0.370. The van der Waals surface area contributed by atoms with Crippen LogP contribution in [0.15, 0.2) is 33.9 Å². The Labute approximate surface area is 165 Å². The normalized spacial score (nSPS) is 13.9. The fourth-order valence-corrected chi connectivity index (χ4v) is 3.28.